The molecule has 2 N–H and O–H groups in total. The van der Waals surface area contributed by atoms with Crippen molar-refractivity contribution in [2.24, 2.45) is 0 Å². The van der Waals surface area contributed by atoms with E-state index in [4.69, 9.17) is 4.74 Å². The Labute approximate surface area is 173 Å². The summed E-state index contributed by atoms with van der Waals surface area (Å²) in [4.78, 5) is 2.34. The molecule has 3 aliphatic rings. The highest BCUT2D eigenvalue weighted by molar-refractivity contribution is 5.38. The molecule has 154 valence electrons. The van der Waals surface area contributed by atoms with Crippen molar-refractivity contribution in [1.29, 1.82) is 0 Å². The topological polar surface area (TPSA) is 52.9 Å². The van der Waals surface area contributed by atoms with Crippen LogP contribution in [0.15, 0.2) is 42.5 Å². The van der Waals surface area contributed by atoms with Crippen LogP contribution < -0.4 is 4.74 Å². The standard InChI is InChI=1S/C25H31NO3/c27-22-16-25(29-24-8-4-3-7-21(22)24)11-13-26(14-12-25)17-23(28)20-10-9-18-5-1-2-6-19(18)15-20/h3-4,7-10,15,22-23,27-28H,1-2,5-6,11-14,16-17H2/t22-,23-/m0/s1. The maximum Gasteiger partial charge on any atom is 0.125 e. The van der Waals surface area contributed by atoms with Gasteiger partial charge in [-0.15, -0.1) is 0 Å². The van der Waals surface area contributed by atoms with Crippen LogP contribution in [0.25, 0.3) is 0 Å². The summed E-state index contributed by atoms with van der Waals surface area (Å²) >= 11 is 0. The van der Waals surface area contributed by atoms with Crippen molar-refractivity contribution < 1.29 is 14.9 Å². The number of para-hydroxylation sites is 1. The highest BCUT2D eigenvalue weighted by atomic mass is 16.5. The van der Waals surface area contributed by atoms with Gasteiger partial charge in [-0.1, -0.05) is 36.4 Å². The first-order valence-electron chi connectivity index (χ1n) is 11.1. The molecule has 0 saturated carbocycles. The Morgan fingerprint density at radius 1 is 1.03 bits per heavy atom. The molecule has 2 aromatic carbocycles. The molecule has 5 rings (SSSR count). The Morgan fingerprint density at radius 2 is 1.79 bits per heavy atom. The second-order valence-electron chi connectivity index (χ2n) is 9.09. The molecule has 1 spiro atoms. The first kappa shape index (κ1) is 19.1. The van der Waals surface area contributed by atoms with E-state index >= 15 is 0 Å². The van der Waals surface area contributed by atoms with Crippen LogP contribution in [0.1, 0.15) is 66.6 Å². The number of piperidine rings is 1. The molecule has 2 heterocycles. The van der Waals surface area contributed by atoms with E-state index in [1.54, 1.807) is 0 Å². The van der Waals surface area contributed by atoms with Gasteiger partial charge in [-0.2, -0.15) is 0 Å². The molecule has 0 amide bonds. The fourth-order valence-electron chi connectivity index (χ4n) is 5.35. The normalized spacial score (nSPS) is 24.4. The van der Waals surface area contributed by atoms with Crippen LogP contribution in [0.2, 0.25) is 0 Å². The summed E-state index contributed by atoms with van der Waals surface area (Å²) in [6, 6.07) is 14.4. The van der Waals surface area contributed by atoms with Gasteiger partial charge < -0.3 is 19.8 Å². The number of aliphatic hydroxyl groups excluding tert-OH is 2. The van der Waals surface area contributed by atoms with Gasteiger partial charge in [-0.05, 0) is 61.3 Å². The number of ether oxygens (including phenoxy) is 1. The molecule has 2 aromatic rings. The molecule has 29 heavy (non-hydrogen) atoms. The summed E-state index contributed by atoms with van der Waals surface area (Å²) in [7, 11) is 0. The Morgan fingerprint density at radius 3 is 2.62 bits per heavy atom. The van der Waals surface area contributed by atoms with Gasteiger partial charge in [0.2, 0.25) is 0 Å². The zero-order valence-corrected chi connectivity index (χ0v) is 17.0. The Bertz CT molecular complexity index is 872. The minimum Gasteiger partial charge on any atom is -0.487 e. The fourth-order valence-corrected chi connectivity index (χ4v) is 5.35. The molecule has 0 radical (unpaired) electrons. The predicted octanol–water partition coefficient (Wildman–Crippen LogP) is 3.95. The van der Waals surface area contributed by atoms with Gasteiger partial charge in [0.25, 0.3) is 0 Å². The Kier molecular flexibility index (Phi) is 5.10. The lowest BCUT2D eigenvalue weighted by Gasteiger charge is -2.46. The van der Waals surface area contributed by atoms with E-state index in [2.05, 4.69) is 23.1 Å². The van der Waals surface area contributed by atoms with Gasteiger partial charge in [-0.3, -0.25) is 0 Å². The smallest absolute Gasteiger partial charge is 0.125 e. The molecule has 1 saturated heterocycles. The minimum absolute atomic E-state index is 0.277. The second-order valence-corrected chi connectivity index (χ2v) is 9.09. The third kappa shape index (κ3) is 3.81. The van der Waals surface area contributed by atoms with Crippen LogP contribution in [0.5, 0.6) is 5.75 Å². The molecule has 2 aliphatic heterocycles. The lowest BCUT2D eigenvalue weighted by molar-refractivity contribution is -0.0587. The molecule has 0 bridgehead atoms. The van der Waals surface area contributed by atoms with Gasteiger partial charge in [0, 0.05) is 31.6 Å². The van der Waals surface area contributed by atoms with E-state index in [0.717, 1.165) is 49.2 Å². The van der Waals surface area contributed by atoms with Crippen molar-refractivity contribution in [1.82, 2.24) is 4.90 Å². The van der Waals surface area contributed by atoms with Crippen LogP contribution in [0.4, 0.5) is 0 Å². The van der Waals surface area contributed by atoms with Gasteiger partial charge in [0.15, 0.2) is 0 Å². The number of benzene rings is 2. The van der Waals surface area contributed by atoms with Crippen molar-refractivity contribution in [2.45, 2.75) is 62.8 Å². The quantitative estimate of drug-likeness (QED) is 0.829. The first-order valence-corrected chi connectivity index (χ1v) is 11.1. The SMILES string of the molecule is O[C@@H](CN1CCC2(CC1)C[C@H](O)c1ccccc1O2)c1ccc2c(c1)CCCC2. The van der Waals surface area contributed by atoms with Crippen LogP contribution >= 0.6 is 0 Å². The monoisotopic (exact) mass is 393 g/mol. The zero-order valence-electron chi connectivity index (χ0n) is 17.0. The van der Waals surface area contributed by atoms with Crippen molar-refractivity contribution in [3.63, 3.8) is 0 Å². The molecular weight excluding hydrogens is 362 g/mol. The molecule has 1 aliphatic carbocycles. The first-order chi connectivity index (χ1) is 14.1. The summed E-state index contributed by atoms with van der Waals surface area (Å²) in [5, 5.41) is 21.4. The number of likely N-dealkylation sites (tertiary alicyclic amines) is 1. The fraction of sp³-hybridized carbons (Fsp3) is 0.520. The molecular formula is C25H31NO3. The highest BCUT2D eigenvalue weighted by Crippen LogP contribution is 2.44. The average molecular weight is 394 g/mol. The summed E-state index contributed by atoms with van der Waals surface area (Å²) in [5.41, 5.74) is 4.56. The molecule has 0 unspecified atom stereocenters. The van der Waals surface area contributed by atoms with Gasteiger partial charge in [0.1, 0.15) is 11.4 Å². The average Bonchev–Trinajstić information content (AvgIpc) is 2.75. The van der Waals surface area contributed by atoms with E-state index < -0.39 is 12.2 Å². The van der Waals surface area contributed by atoms with Gasteiger partial charge in [-0.25, -0.2) is 0 Å². The lowest BCUT2D eigenvalue weighted by Crippen LogP contribution is -2.51. The minimum atomic E-state index is -0.451. The van der Waals surface area contributed by atoms with E-state index in [1.807, 2.05) is 24.3 Å². The van der Waals surface area contributed by atoms with Crippen molar-refractivity contribution >= 4 is 0 Å². The number of hydrogen-bond acceptors (Lipinski definition) is 4. The second kappa shape index (κ2) is 7.75. The maximum atomic E-state index is 10.8. The third-order valence-corrected chi connectivity index (χ3v) is 7.13. The summed E-state index contributed by atoms with van der Waals surface area (Å²) in [6.07, 6.45) is 6.39. The van der Waals surface area contributed by atoms with Crippen molar-refractivity contribution in [3.8, 4) is 5.75 Å². The number of aliphatic hydroxyl groups is 2. The van der Waals surface area contributed by atoms with Crippen LogP contribution in [-0.4, -0.2) is 40.3 Å². The van der Waals surface area contributed by atoms with E-state index in [-0.39, 0.29) is 5.60 Å². The number of β-amino-alcohol motifs (C(OH)–C–C–N with tert-alkyl or cyclic N) is 1. The summed E-state index contributed by atoms with van der Waals surface area (Å²) in [5.74, 6) is 0.828. The van der Waals surface area contributed by atoms with E-state index in [9.17, 15) is 10.2 Å². The highest BCUT2D eigenvalue weighted by Gasteiger charge is 2.42. The van der Waals surface area contributed by atoms with Crippen LogP contribution in [-0.2, 0) is 12.8 Å². The Balaban J connectivity index is 1.21. The number of hydrogen-bond donors (Lipinski definition) is 2. The predicted molar refractivity (Wildman–Crippen MR) is 113 cm³/mol. The maximum absolute atomic E-state index is 10.8. The third-order valence-electron chi connectivity index (χ3n) is 7.13. The molecule has 4 heteroatoms. The summed E-state index contributed by atoms with van der Waals surface area (Å²) in [6.45, 7) is 2.43. The molecule has 2 atom stereocenters. The van der Waals surface area contributed by atoms with E-state index in [0.29, 0.717) is 13.0 Å². The van der Waals surface area contributed by atoms with Crippen LogP contribution in [0, 0.1) is 0 Å². The largest absolute Gasteiger partial charge is 0.487 e. The van der Waals surface area contributed by atoms with E-state index in [1.165, 1.54) is 30.4 Å². The number of fused-ring (bicyclic) bond motifs is 2. The molecule has 0 aromatic heterocycles. The van der Waals surface area contributed by atoms with Crippen molar-refractivity contribution in [2.75, 3.05) is 19.6 Å². The molecule has 1 fully saturated rings. The van der Waals surface area contributed by atoms with Gasteiger partial charge in [0.05, 0.1) is 12.2 Å². The lowest BCUT2D eigenvalue weighted by atomic mass is 9.81. The zero-order chi connectivity index (χ0) is 19.8. The number of rotatable bonds is 3. The van der Waals surface area contributed by atoms with Gasteiger partial charge >= 0.3 is 0 Å². The van der Waals surface area contributed by atoms with Crippen LogP contribution in [0.3, 0.4) is 0 Å². The summed E-state index contributed by atoms with van der Waals surface area (Å²) < 4.78 is 6.38. The number of nitrogens with zero attached hydrogens (tertiary/aromatic N) is 1. The van der Waals surface area contributed by atoms with Crippen molar-refractivity contribution in [3.05, 3.63) is 64.7 Å². The Hall–Kier alpha value is -1.88. The number of aryl methyl sites for hydroxylation is 2. The molecule has 4 nitrogen and oxygen atoms in total.